The quantitative estimate of drug-likeness (QED) is 0.613. The van der Waals surface area contributed by atoms with E-state index in [-0.39, 0.29) is 11.1 Å². The van der Waals surface area contributed by atoms with Gasteiger partial charge in [0, 0.05) is 6.20 Å². The van der Waals surface area contributed by atoms with Crippen molar-refractivity contribution >= 4 is 25.9 Å². The Morgan fingerprint density at radius 3 is 2.47 bits per heavy atom. The number of carbonyl (C=O) groups excluding carboxylic acids is 1. The van der Waals surface area contributed by atoms with Crippen LogP contribution < -0.4 is 0 Å². The Labute approximate surface area is 108 Å². The molecule has 1 aromatic rings. The maximum atomic E-state index is 10.6. The summed E-state index contributed by atoms with van der Waals surface area (Å²) in [5, 5.41) is 1.07. The number of aldehydes is 1. The molecule has 0 bridgehead atoms. The highest BCUT2D eigenvalue weighted by Gasteiger charge is 2.39. The van der Waals surface area contributed by atoms with Crippen molar-refractivity contribution in [3.63, 3.8) is 0 Å². The second-order valence-electron chi connectivity index (χ2n) is 5.74. The number of thiazole rings is 1. The third kappa shape index (κ3) is 3.47. The summed E-state index contributed by atoms with van der Waals surface area (Å²) in [6.45, 7) is 13.1. The predicted octanol–water partition coefficient (Wildman–Crippen LogP) is 4.04. The van der Waals surface area contributed by atoms with E-state index >= 15 is 0 Å². The van der Waals surface area contributed by atoms with E-state index in [1.54, 1.807) is 6.20 Å². The second-order valence-corrected chi connectivity index (χ2v) is 11.6. The molecule has 1 heterocycles. The lowest BCUT2D eigenvalue weighted by Gasteiger charge is -2.38. The first kappa shape index (κ1) is 14.5. The first-order valence-corrected chi connectivity index (χ1v) is 9.48. The standard InChI is InChI=1S/C12H21NO2SSi/c1-9(11-13-7-10(8-14)16-11)15-17(5,6)12(2,3)4/h7-9H,1-6H3/t9-/m1/s1. The molecule has 0 spiro atoms. The van der Waals surface area contributed by atoms with Crippen LogP contribution in [0.5, 0.6) is 0 Å². The van der Waals surface area contributed by atoms with E-state index in [2.05, 4.69) is 38.8 Å². The highest BCUT2D eigenvalue weighted by Crippen LogP contribution is 2.39. The zero-order chi connectivity index (χ0) is 13.3. The Bertz CT molecular complexity index is 395. The summed E-state index contributed by atoms with van der Waals surface area (Å²) in [5.41, 5.74) is 0. The molecule has 0 amide bonds. The van der Waals surface area contributed by atoms with Gasteiger partial charge in [-0.05, 0) is 25.1 Å². The van der Waals surface area contributed by atoms with Crippen molar-refractivity contribution in [2.45, 2.75) is 51.9 Å². The molecule has 0 saturated heterocycles. The first-order chi connectivity index (χ1) is 7.67. The van der Waals surface area contributed by atoms with Gasteiger partial charge in [-0.25, -0.2) is 4.98 Å². The fourth-order valence-corrected chi connectivity index (χ4v) is 3.36. The van der Waals surface area contributed by atoms with Gasteiger partial charge >= 0.3 is 0 Å². The SMILES string of the molecule is C[C@@H](O[Si](C)(C)C(C)(C)C)c1ncc(C=O)s1. The maximum Gasteiger partial charge on any atom is 0.193 e. The van der Waals surface area contributed by atoms with Crippen LogP contribution >= 0.6 is 11.3 Å². The van der Waals surface area contributed by atoms with Gasteiger partial charge in [0.15, 0.2) is 14.6 Å². The lowest BCUT2D eigenvalue weighted by Crippen LogP contribution is -2.41. The maximum absolute atomic E-state index is 10.6. The normalized spacial score (nSPS) is 14.7. The molecule has 1 atom stereocenters. The van der Waals surface area contributed by atoms with Crippen LogP contribution in [0.4, 0.5) is 0 Å². The molecule has 0 unspecified atom stereocenters. The van der Waals surface area contributed by atoms with Crippen molar-refractivity contribution in [1.29, 1.82) is 0 Å². The van der Waals surface area contributed by atoms with Crippen LogP contribution in [0.1, 0.15) is 48.5 Å². The van der Waals surface area contributed by atoms with Gasteiger partial charge in [0.05, 0.1) is 11.0 Å². The van der Waals surface area contributed by atoms with Gasteiger partial charge in [-0.15, -0.1) is 11.3 Å². The van der Waals surface area contributed by atoms with E-state index in [4.69, 9.17) is 4.43 Å². The Kier molecular flexibility index (Phi) is 4.27. The van der Waals surface area contributed by atoms with Gasteiger partial charge in [0.2, 0.25) is 0 Å². The highest BCUT2D eigenvalue weighted by molar-refractivity contribution is 7.13. The monoisotopic (exact) mass is 271 g/mol. The van der Waals surface area contributed by atoms with Crippen molar-refractivity contribution in [3.05, 3.63) is 16.1 Å². The smallest absolute Gasteiger partial charge is 0.193 e. The van der Waals surface area contributed by atoms with Crippen LogP contribution in [0.2, 0.25) is 18.1 Å². The predicted molar refractivity (Wildman–Crippen MR) is 74.2 cm³/mol. The van der Waals surface area contributed by atoms with Gasteiger partial charge in [0.1, 0.15) is 5.01 Å². The second kappa shape index (κ2) is 5.00. The molecule has 0 aliphatic carbocycles. The van der Waals surface area contributed by atoms with Crippen molar-refractivity contribution in [2.24, 2.45) is 0 Å². The van der Waals surface area contributed by atoms with E-state index in [1.165, 1.54) is 11.3 Å². The molecule has 0 fully saturated rings. The minimum atomic E-state index is -1.77. The fraction of sp³-hybridized carbons (Fsp3) is 0.667. The molecule has 0 saturated carbocycles. The molecule has 0 N–H and O–H groups in total. The van der Waals surface area contributed by atoms with Gasteiger partial charge in [-0.2, -0.15) is 0 Å². The Morgan fingerprint density at radius 1 is 1.47 bits per heavy atom. The van der Waals surface area contributed by atoms with E-state index in [1.807, 2.05) is 6.92 Å². The molecule has 17 heavy (non-hydrogen) atoms. The lowest BCUT2D eigenvalue weighted by molar-refractivity contribution is 0.112. The summed E-state index contributed by atoms with van der Waals surface area (Å²) in [5.74, 6) is 0. The molecule has 1 rings (SSSR count). The van der Waals surface area contributed by atoms with Crippen molar-refractivity contribution < 1.29 is 9.22 Å². The highest BCUT2D eigenvalue weighted by atomic mass is 32.1. The topological polar surface area (TPSA) is 39.2 Å². The van der Waals surface area contributed by atoms with Crippen LogP contribution in [0, 0.1) is 0 Å². The van der Waals surface area contributed by atoms with Crippen molar-refractivity contribution in [3.8, 4) is 0 Å². The number of aromatic nitrogens is 1. The van der Waals surface area contributed by atoms with Crippen LogP contribution in [0.25, 0.3) is 0 Å². The van der Waals surface area contributed by atoms with E-state index in [0.29, 0.717) is 4.88 Å². The third-order valence-corrected chi connectivity index (χ3v) is 8.92. The number of rotatable bonds is 4. The average Bonchev–Trinajstić information content (AvgIpc) is 2.63. The first-order valence-electron chi connectivity index (χ1n) is 5.76. The van der Waals surface area contributed by atoms with E-state index in [0.717, 1.165) is 11.3 Å². The molecule has 0 aromatic carbocycles. The van der Waals surface area contributed by atoms with Crippen molar-refractivity contribution in [2.75, 3.05) is 0 Å². The number of hydrogen-bond acceptors (Lipinski definition) is 4. The third-order valence-electron chi connectivity index (χ3n) is 3.28. The van der Waals surface area contributed by atoms with Crippen LogP contribution in [-0.4, -0.2) is 19.6 Å². The molecule has 0 aliphatic heterocycles. The molecule has 0 radical (unpaired) electrons. The van der Waals surface area contributed by atoms with Crippen LogP contribution in [-0.2, 0) is 4.43 Å². The Morgan fingerprint density at radius 2 is 2.06 bits per heavy atom. The van der Waals surface area contributed by atoms with Crippen LogP contribution in [0.3, 0.4) is 0 Å². The fourth-order valence-electron chi connectivity index (χ4n) is 1.21. The van der Waals surface area contributed by atoms with E-state index < -0.39 is 8.32 Å². The summed E-state index contributed by atoms with van der Waals surface area (Å²) in [6, 6.07) is 0. The largest absolute Gasteiger partial charge is 0.408 e. The van der Waals surface area contributed by atoms with E-state index in [9.17, 15) is 4.79 Å². The number of hydrogen-bond donors (Lipinski definition) is 0. The molecular formula is C12H21NO2SSi. The van der Waals surface area contributed by atoms with Gasteiger partial charge in [-0.3, -0.25) is 4.79 Å². The summed E-state index contributed by atoms with van der Waals surface area (Å²) in [4.78, 5) is 15.5. The number of nitrogens with zero attached hydrogens (tertiary/aromatic N) is 1. The Hall–Kier alpha value is -0.523. The zero-order valence-corrected chi connectivity index (χ0v) is 13.2. The summed E-state index contributed by atoms with van der Waals surface area (Å²) in [7, 11) is -1.77. The number of carbonyl (C=O) groups is 1. The minimum Gasteiger partial charge on any atom is -0.408 e. The Balaban J connectivity index is 2.78. The summed E-state index contributed by atoms with van der Waals surface area (Å²) in [6.07, 6.45) is 2.41. The molecule has 1 aromatic heterocycles. The molecule has 5 heteroatoms. The molecule has 96 valence electrons. The average molecular weight is 271 g/mol. The van der Waals surface area contributed by atoms with Crippen molar-refractivity contribution in [1.82, 2.24) is 4.98 Å². The zero-order valence-electron chi connectivity index (χ0n) is 11.4. The van der Waals surface area contributed by atoms with Gasteiger partial charge in [0.25, 0.3) is 0 Å². The minimum absolute atomic E-state index is 0.0328. The van der Waals surface area contributed by atoms with Gasteiger partial charge < -0.3 is 4.43 Å². The molecule has 3 nitrogen and oxygen atoms in total. The summed E-state index contributed by atoms with van der Waals surface area (Å²) < 4.78 is 6.22. The summed E-state index contributed by atoms with van der Waals surface area (Å²) >= 11 is 1.41. The molecular weight excluding hydrogens is 250 g/mol. The van der Waals surface area contributed by atoms with Gasteiger partial charge in [-0.1, -0.05) is 20.8 Å². The lowest BCUT2D eigenvalue weighted by atomic mass is 10.2. The van der Waals surface area contributed by atoms with Crippen LogP contribution in [0.15, 0.2) is 6.20 Å². The molecule has 0 aliphatic rings.